The zero-order valence-electron chi connectivity index (χ0n) is 11.8. The van der Waals surface area contributed by atoms with Crippen molar-refractivity contribution in [1.82, 2.24) is 9.62 Å². The minimum absolute atomic E-state index is 0.0481. The molecule has 1 heterocycles. The van der Waals surface area contributed by atoms with Crippen molar-refractivity contribution in [3.63, 3.8) is 0 Å². The van der Waals surface area contributed by atoms with Gasteiger partial charge in [0.25, 0.3) is 0 Å². The summed E-state index contributed by atoms with van der Waals surface area (Å²) in [6.45, 7) is 5.28. The van der Waals surface area contributed by atoms with Gasteiger partial charge in [-0.05, 0) is 33.1 Å². The third-order valence-corrected chi connectivity index (χ3v) is 4.96. The molecule has 3 N–H and O–H groups in total. The maximum absolute atomic E-state index is 11.9. The Bertz CT molecular complexity index is 395. The molecule has 112 valence electrons. The fourth-order valence-electron chi connectivity index (χ4n) is 1.93. The fourth-order valence-corrected chi connectivity index (χ4v) is 3.51. The summed E-state index contributed by atoms with van der Waals surface area (Å²) in [5, 5.41) is 2.71. The van der Waals surface area contributed by atoms with Crippen LogP contribution in [-0.2, 0) is 14.8 Å². The van der Waals surface area contributed by atoms with Gasteiger partial charge in [0.05, 0.1) is 5.75 Å². The van der Waals surface area contributed by atoms with Crippen molar-refractivity contribution >= 4 is 15.9 Å². The normalized spacial score (nSPS) is 17.6. The number of carbonyl (C=O) groups is 1. The fraction of sp³-hybridized carbons (Fsp3) is 0.917. The lowest BCUT2D eigenvalue weighted by Crippen LogP contribution is -2.45. The Morgan fingerprint density at radius 3 is 2.42 bits per heavy atom. The van der Waals surface area contributed by atoms with Crippen LogP contribution in [0.1, 0.15) is 39.5 Å². The number of hydrogen-bond donors (Lipinski definition) is 2. The van der Waals surface area contributed by atoms with Crippen LogP contribution in [0, 0.1) is 0 Å². The summed E-state index contributed by atoms with van der Waals surface area (Å²) in [5.41, 5.74) is 5.30. The Morgan fingerprint density at radius 1 is 1.32 bits per heavy atom. The van der Waals surface area contributed by atoms with E-state index in [2.05, 4.69) is 5.32 Å². The van der Waals surface area contributed by atoms with Crippen LogP contribution >= 0.6 is 0 Å². The van der Waals surface area contributed by atoms with E-state index in [0.717, 1.165) is 12.8 Å². The molecule has 19 heavy (non-hydrogen) atoms. The number of hydrogen-bond acceptors (Lipinski definition) is 4. The van der Waals surface area contributed by atoms with Gasteiger partial charge in [-0.25, -0.2) is 12.7 Å². The predicted octanol–water partition coefficient (Wildman–Crippen LogP) is 0.0457. The van der Waals surface area contributed by atoms with Crippen LogP contribution in [0.3, 0.4) is 0 Å². The summed E-state index contributed by atoms with van der Waals surface area (Å²) in [5.74, 6) is -0.0953. The van der Waals surface area contributed by atoms with Crippen molar-refractivity contribution in [3.05, 3.63) is 0 Å². The molecule has 0 radical (unpaired) electrons. The molecule has 7 heteroatoms. The number of nitrogens with one attached hydrogen (secondary N) is 1. The lowest BCUT2D eigenvalue weighted by atomic mass is 10.1. The van der Waals surface area contributed by atoms with Gasteiger partial charge < -0.3 is 11.1 Å². The highest BCUT2D eigenvalue weighted by Gasteiger charge is 2.24. The first-order chi connectivity index (χ1) is 8.71. The maximum atomic E-state index is 11.9. The third kappa shape index (κ3) is 6.35. The number of amides is 1. The second-order valence-corrected chi connectivity index (χ2v) is 7.88. The van der Waals surface area contributed by atoms with E-state index >= 15 is 0 Å². The summed E-state index contributed by atoms with van der Waals surface area (Å²) in [7, 11) is -3.17. The number of rotatable bonds is 7. The molecule has 1 saturated heterocycles. The van der Waals surface area contributed by atoms with E-state index < -0.39 is 15.6 Å². The lowest BCUT2D eigenvalue weighted by Gasteiger charge is -2.19. The van der Waals surface area contributed by atoms with Gasteiger partial charge in [-0.15, -0.1) is 0 Å². The minimum atomic E-state index is -3.17. The van der Waals surface area contributed by atoms with Crippen molar-refractivity contribution in [2.24, 2.45) is 5.73 Å². The topological polar surface area (TPSA) is 92.5 Å². The highest BCUT2D eigenvalue weighted by atomic mass is 32.2. The van der Waals surface area contributed by atoms with Crippen molar-refractivity contribution < 1.29 is 13.2 Å². The van der Waals surface area contributed by atoms with Crippen molar-refractivity contribution in [1.29, 1.82) is 0 Å². The number of sulfonamides is 1. The molecular formula is C12H25N3O3S. The van der Waals surface area contributed by atoms with E-state index in [4.69, 9.17) is 5.73 Å². The highest BCUT2D eigenvalue weighted by molar-refractivity contribution is 7.89. The van der Waals surface area contributed by atoms with E-state index in [0.29, 0.717) is 26.1 Å². The average molecular weight is 291 g/mol. The second kappa shape index (κ2) is 6.67. The Kier molecular flexibility index (Phi) is 5.76. The van der Waals surface area contributed by atoms with Crippen LogP contribution in [0.15, 0.2) is 0 Å². The standard InChI is InChI=1S/C12H25N3O3S/c1-12(2,13)10-14-11(16)6-5-9-19(17,18)15-7-3-4-8-15/h3-10,13H2,1-2H3,(H,14,16). The van der Waals surface area contributed by atoms with Crippen LogP contribution in [0.2, 0.25) is 0 Å². The molecular weight excluding hydrogens is 266 g/mol. The van der Waals surface area contributed by atoms with Gasteiger partial charge in [-0.2, -0.15) is 0 Å². The number of nitrogens with two attached hydrogens (primary N) is 1. The summed E-state index contributed by atoms with van der Waals surface area (Å²) in [4.78, 5) is 11.5. The first kappa shape index (κ1) is 16.4. The smallest absolute Gasteiger partial charge is 0.220 e. The van der Waals surface area contributed by atoms with E-state index in [1.807, 2.05) is 13.8 Å². The summed E-state index contributed by atoms with van der Waals surface area (Å²) in [6.07, 6.45) is 2.45. The monoisotopic (exact) mass is 291 g/mol. The molecule has 0 saturated carbocycles. The molecule has 0 bridgehead atoms. The largest absolute Gasteiger partial charge is 0.354 e. The van der Waals surface area contributed by atoms with Gasteiger partial charge >= 0.3 is 0 Å². The van der Waals surface area contributed by atoms with Crippen molar-refractivity contribution in [3.8, 4) is 0 Å². The Hall–Kier alpha value is -0.660. The van der Waals surface area contributed by atoms with Crippen molar-refractivity contribution in [2.75, 3.05) is 25.4 Å². The Labute approximate surface area is 115 Å². The van der Waals surface area contributed by atoms with Gasteiger partial charge in [-0.3, -0.25) is 4.79 Å². The van der Waals surface area contributed by atoms with Crippen LogP contribution in [0.4, 0.5) is 0 Å². The van der Waals surface area contributed by atoms with E-state index in [9.17, 15) is 13.2 Å². The molecule has 1 amide bonds. The predicted molar refractivity (Wildman–Crippen MR) is 75.1 cm³/mol. The average Bonchev–Trinajstić information content (AvgIpc) is 2.79. The van der Waals surface area contributed by atoms with Crippen LogP contribution in [0.5, 0.6) is 0 Å². The van der Waals surface area contributed by atoms with Gasteiger partial charge in [-0.1, -0.05) is 0 Å². The zero-order chi connectivity index (χ0) is 14.5. The SMILES string of the molecule is CC(C)(N)CNC(=O)CCCS(=O)(=O)N1CCCC1. The molecule has 1 rings (SSSR count). The quantitative estimate of drug-likeness (QED) is 0.693. The van der Waals surface area contributed by atoms with Crippen LogP contribution in [-0.4, -0.2) is 49.6 Å². The molecule has 0 spiro atoms. The van der Waals surface area contributed by atoms with E-state index in [1.165, 1.54) is 4.31 Å². The molecule has 1 aliphatic heterocycles. The molecule has 0 aromatic rings. The first-order valence-corrected chi connectivity index (χ1v) is 8.35. The lowest BCUT2D eigenvalue weighted by molar-refractivity contribution is -0.121. The summed E-state index contributed by atoms with van der Waals surface area (Å²) in [6, 6.07) is 0. The minimum Gasteiger partial charge on any atom is -0.354 e. The molecule has 0 atom stereocenters. The number of nitrogens with zero attached hydrogens (tertiary/aromatic N) is 1. The zero-order valence-corrected chi connectivity index (χ0v) is 12.6. The molecule has 0 aliphatic carbocycles. The van der Waals surface area contributed by atoms with Gasteiger partial charge in [0.2, 0.25) is 15.9 Å². The molecule has 1 fully saturated rings. The molecule has 0 aromatic heterocycles. The van der Waals surface area contributed by atoms with Crippen LogP contribution in [0.25, 0.3) is 0 Å². The van der Waals surface area contributed by atoms with E-state index in [1.54, 1.807) is 0 Å². The van der Waals surface area contributed by atoms with Gasteiger partial charge in [0.1, 0.15) is 0 Å². The highest BCUT2D eigenvalue weighted by Crippen LogP contribution is 2.14. The summed E-state index contributed by atoms with van der Waals surface area (Å²) < 4.78 is 25.3. The Morgan fingerprint density at radius 2 is 1.89 bits per heavy atom. The molecule has 6 nitrogen and oxygen atoms in total. The van der Waals surface area contributed by atoms with Gasteiger partial charge in [0.15, 0.2) is 0 Å². The molecule has 0 unspecified atom stereocenters. The summed E-state index contributed by atoms with van der Waals surface area (Å²) >= 11 is 0. The Balaban J connectivity index is 2.24. The second-order valence-electron chi connectivity index (χ2n) is 5.79. The first-order valence-electron chi connectivity index (χ1n) is 6.74. The van der Waals surface area contributed by atoms with Crippen molar-refractivity contribution in [2.45, 2.75) is 45.1 Å². The third-order valence-electron chi connectivity index (χ3n) is 3.01. The molecule has 1 aliphatic rings. The van der Waals surface area contributed by atoms with E-state index in [-0.39, 0.29) is 18.1 Å². The maximum Gasteiger partial charge on any atom is 0.220 e. The van der Waals surface area contributed by atoms with Crippen LogP contribution < -0.4 is 11.1 Å². The molecule has 0 aromatic carbocycles. The van der Waals surface area contributed by atoms with Gasteiger partial charge in [0, 0.05) is 31.6 Å². The number of carbonyl (C=O) groups excluding carboxylic acids is 1.